The molecule has 0 aromatic carbocycles. The van der Waals surface area contributed by atoms with Crippen LogP contribution < -0.4 is 10.5 Å². The molecule has 4 nitrogen and oxygen atoms in total. The SMILES string of the molecule is O=c1cc(N2CCCCC2)cnn1CCCCl. The van der Waals surface area contributed by atoms with E-state index in [9.17, 15) is 4.79 Å². The Labute approximate surface area is 106 Å². The zero-order chi connectivity index (χ0) is 12.1. The minimum Gasteiger partial charge on any atom is -0.370 e. The molecule has 2 heterocycles. The van der Waals surface area contributed by atoms with Crippen molar-refractivity contribution in [3.05, 3.63) is 22.6 Å². The second kappa shape index (κ2) is 6.05. The number of aryl methyl sites for hydroxylation is 1. The summed E-state index contributed by atoms with van der Waals surface area (Å²) in [4.78, 5) is 14.1. The van der Waals surface area contributed by atoms with Gasteiger partial charge in [0.2, 0.25) is 0 Å². The number of nitrogens with zero attached hydrogens (tertiary/aromatic N) is 3. The van der Waals surface area contributed by atoms with Gasteiger partial charge in [0, 0.05) is 31.6 Å². The van der Waals surface area contributed by atoms with Crippen molar-refractivity contribution < 1.29 is 0 Å². The van der Waals surface area contributed by atoms with Gasteiger partial charge in [-0.15, -0.1) is 11.6 Å². The molecular formula is C12H18ClN3O. The molecule has 94 valence electrons. The van der Waals surface area contributed by atoms with Gasteiger partial charge in [-0.25, -0.2) is 4.68 Å². The minimum atomic E-state index is -0.0295. The number of aromatic nitrogens is 2. The summed E-state index contributed by atoms with van der Waals surface area (Å²) >= 11 is 5.61. The van der Waals surface area contributed by atoms with Crippen molar-refractivity contribution in [1.82, 2.24) is 9.78 Å². The molecular weight excluding hydrogens is 238 g/mol. The van der Waals surface area contributed by atoms with Gasteiger partial charge >= 0.3 is 0 Å². The first-order valence-corrected chi connectivity index (χ1v) is 6.73. The predicted octanol–water partition coefficient (Wildman–Crippen LogP) is 1.86. The van der Waals surface area contributed by atoms with Crippen LogP contribution in [0.4, 0.5) is 5.69 Å². The normalized spacial score (nSPS) is 16.2. The number of alkyl halides is 1. The molecule has 0 bridgehead atoms. The molecule has 0 N–H and O–H groups in total. The maximum absolute atomic E-state index is 11.8. The first kappa shape index (κ1) is 12.4. The van der Waals surface area contributed by atoms with Crippen molar-refractivity contribution in [1.29, 1.82) is 0 Å². The van der Waals surface area contributed by atoms with Crippen molar-refractivity contribution in [3.63, 3.8) is 0 Å². The van der Waals surface area contributed by atoms with Gasteiger partial charge in [0.1, 0.15) is 0 Å². The van der Waals surface area contributed by atoms with E-state index in [2.05, 4.69) is 10.00 Å². The van der Waals surface area contributed by atoms with Crippen molar-refractivity contribution in [3.8, 4) is 0 Å². The number of piperidine rings is 1. The van der Waals surface area contributed by atoms with E-state index in [0.717, 1.165) is 25.2 Å². The summed E-state index contributed by atoms with van der Waals surface area (Å²) in [5, 5.41) is 4.19. The maximum atomic E-state index is 11.8. The van der Waals surface area contributed by atoms with E-state index >= 15 is 0 Å². The quantitative estimate of drug-likeness (QED) is 0.771. The average Bonchev–Trinajstić information content (AvgIpc) is 2.38. The minimum absolute atomic E-state index is 0.0295. The van der Waals surface area contributed by atoms with Crippen LogP contribution in [0.1, 0.15) is 25.7 Å². The molecule has 1 aliphatic rings. The monoisotopic (exact) mass is 255 g/mol. The Morgan fingerprint density at radius 3 is 2.71 bits per heavy atom. The highest BCUT2D eigenvalue weighted by atomic mass is 35.5. The van der Waals surface area contributed by atoms with E-state index in [-0.39, 0.29) is 5.56 Å². The maximum Gasteiger partial charge on any atom is 0.268 e. The topological polar surface area (TPSA) is 38.1 Å². The van der Waals surface area contributed by atoms with E-state index in [0.29, 0.717) is 12.4 Å². The zero-order valence-electron chi connectivity index (χ0n) is 9.94. The van der Waals surface area contributed by atoms with Gasteiger partial charge in [0.25, 0.3) is 5.56 Å². The summed E-state index contributed by atoms with van der Waals surface area (Å²) in [7, 11) is 0. The average molecular weight is 256 g/mol. The predicted molar refractivity (Wildman–Crippen MR) is 69.9 cm³/mol. The zero-order valence-corrected chi connectivity index (χ0v) is 10.7. The Kier molecular flexibility index (Phi) is 4.42. The summed E-state index contributed by atoms with van der Waals surface area (Å²) in [6, 6.07) is 1.69. The van der Waals surface area contributed by atoms with Crippen molar-refractivity contribution in [2.45, 2.75) is 32.2 Å². The second-order valence-corrected chi connectivity index (χ2v) is 4.74. The van der Waals surface area contributed by atoms with Gasteiger partial charge in [-0.1, -0.05) is 0 Å². The van der Waals surface area contributed by atoms with Gasteiger partial charge in [-0.05, 0) is 25.7 Å². The molecule has 1 fully saturated rings. The molecule has 2 rings (SSSR count). The third-order valence-electron chi connectivity index (χ3n) is 3.08. The number of anilines is 1. The van der Waals surface area contributed by atoms with Crippen LogP contribution in [-0.2, 0) is 6.54 Å². The van der Waals surface area contributed by atoms with Crippen LogP contribution in [0.5, 0.6) is 0 Å². The fourth-order valence-electron chi connectivity index (χ4n) is 2.13. The molecule has 1 saturated heterocycles. The Hall–Kier alpha value is -1.03. The van der Waals surface area contributed by atoms with Crippen LogP contribution >= 0.6 is 11.6 Å². The van der Waals surface area contributed by atoms with E-state index in [1.54, 1.807) is 12.3 Å². The Morgan fingerprint density at radius 1 is 1.29 bits per heavy atom. The van der Waals surface area contributed by atoms with Crippen LogP contribution in [0.3, 0.4) is 0 Å². The molecule has 5 heteroatoms. The van der Waals surface area contributed by atoms with Crippen molar-refractivity contribution in [2.75, 3.05) is 23.9 Å². The molecule has 0 unspecified atom stereocenters. The smallest absolute Gasteiger partial charge is 0.268 e. The molecule has 0 radical (unpaired) electrons. The van der Waals surface area contributed by atoms with Crippen LogP contribution in [0.15, 0.2) is 17.1 Å². The van der Waals surface area contributed by atoms with Crippen LogP contribution in [-0.4, -0.2) is 28.8 Å². The fraction of sp³-hybridized carbons (Fsp3) is 0.667. The van der Waals surface area contributed by atoms with E-state index in [4.69, 9.17) is 11.6 Å². The summed E-state index contributed by atoms with van der Waals surface area (Å²) in [6.07, 6.45) is 6.26. The molecule has 0 amide bonds. The lowest BCUT2D eigenvalue weighted by Crippen LogP contribution is -2.32. The van der Waals surface area contributed by atoms with Crippen molar-refractivity contribution in [2.24, 2.45) is 0 Å². The molecule has 1 aromatic rings. The summed E-state index contributed by atoms with van der Waals surface area (Å²) in [5.41, 5.74) is 0.926. The number of halogens is 1. The lowest BCUT2D eigenvalue weighted by atomic mass is 10.1. The fourth-order valence-corrected chi connectivity index (χ4v) is 2.25. The van der Waals surface area contributed by atoms with E-state index < -0.39 is 0 Å². The van der Waals surface area contributed by atoms with Crippen LogP contribution in [0, 0.1) is 0 Å². The molecule has 1 aliphatic heterocycles. The molecule has 17 heavy (non-hydrogen) atoms. The molecule has 0 aliphatic carbocycles. The van der Waals surface area contributed by atoms with Crippen LogP contribution in [0.2, 0.25) is 0 Å². The lowest BCUT2D eigenvalue weighted by molar-refractivity contribution is 0.555. The van der Waals surface area contributed by atoms with Gasteiger partial charge in [-0.3, -0.25) is 4.79 Å². The van der Waals surface area contributed by atoms with E-state index in [1.165, 1.54) is 23.9 Å². The summed E-state index contributed by atoms with van der Waals surface area (Å²) in [5.74, 6) is 0.558. The largest absolute Gasteiger partial charge is 0.370 e. The van der Waals surface area contributed by atoms with E-state index in [1.807, 2.05) is 0 Å². The third kappa shape index (κ3) is 3.22. The molecule has 0 saturated carbocycles. The standard InChI is InChI=1S/C12H18ClN3O/c13-5-4-8-16-12(17)9-11(10-14-16)15-6-2-1-3-7-15/h9-10H,1-8H2. The van der Waals surface area contributed by atoms with Crippen molar-refractivity contribution >= 4 is 17.3 Å². The highest BCUT2D eigenvalue weighted by Crippen LogP contribution is 2.16. The number of hydrogen-bond acceptors (Lipinski definition) is 3. The molecule has 0 atom stereocenters. The molecule has 0 spiro atoms. The Balaban J connectivity index is 2.09. The Bertz CT molecular complexity index is 412. The van der Waals surface area contributed by atoms with Gasteiger partial charge < -0.3 is 4.90 Å². The highest BCUT2D eigenvalue weighted by molar-refractivity contribution is 6.17. The highest BCUT2D eigenvalue weighted by Gasteiger charge is 2.12. The Morgan fingerprint density at radius 2 is 2.06 bits per heavy atom. The van der Waals surface area contributed by atoms with Crippen LogP contribution in [0.25, 0.3) is 0 Å². The number of rotatable bonds is 4. The summed E-state index contributed by atoms with van der Waals surface area (Å²) in [6.45, 7) is 2.67. The third-order valence-corrected chi connectivity index (χ3v) is 3.35. The van der Waals surface area contributed by atoms with Gasteiger partial charge in [0.15, 0.2) is 0 Å². The number of hydrogen-bond donors (Lipinski definition) is 0. The summed E-state index contributed by atoms with van der Waals surface area (Å²) < 4.78 is 1.48. The lowest BCUT2D eigenvalue weighted by Gasteiger charge is -2.28. The second-order valence-electron chi connectivity index (χ2n) is 4.37. The van der Waals surface area contributed by atoms with Gasteiger partial charge in [0.05, 0.1) is 11.9 Å². The van der Waals surface area contributed by atoms with Gasteiger partial charge in [-0.2, -0.15) is 5.10 Å². The first-order chi connectivity index (χ1) is 8.31. The first-order valence-electron chi connectivity index (χ1n) is 6.19. The molecule has 1 aromatic heterocycles.